The number of aromatic amines is 2. The van der Waals surface area contributed by atoms with E-state index in [-0.39, 0.29) is 34.0 Å². The summed E-state index contributed by atoms with van der Waals surface area (Å²) in [6, 6.07) is 15.2. The van der Waals surface area contributed by atoms with Crippen molar-refractivity contribution in [3.63, 3.8) is 0 Å². The van der Waals surface area contributed by atoms with Gasteiger partial charge in [0, 0.05) is 75.7 Å². The molecule has 2 aromatic carbocycles. The van der Waals surface area contributed by atoms with Gasteiger partial charge in [-0.3, -0.25) is 28.7 Å². The lowest BCUT2D eigenvalue weighted by Gasteiger charge is -2.21. The lowest BCUT2D eigenvalue weighted by Crippen LogP contribution is -2.36. The van der Waals surface area contributed by atoms with Gasteiger partial charge in [-0.2, -0.15) is 0 Å². The molecule has 292 valence electrons. The molecule has 0 aliphatic heterocycles. The van der Waals surface area contributed by atoms with Gasteiger partial charge >= 0.3 is 11.4 Å². The third kappa shape index (κ3) is 12.7. The Balaban J connectivity index is 0.000000199. The predicted octanol–water partition coefficient (Wildman–Crippen LogP) is 6.60. The summed E-state index contributed by atoms with van der Waals surface area (Å²) in [6.07, 6.45) is 10.7. The topological polar surface area (TPSA) is 154 Å². The quantitative estimate of drug-likeness (QED) is 0.147. The highest BCUT2D eigenvalue weighted by Crippen LogP contribution is 2.33. The lowest BCUT2D eigenvalue weighted by atomic mass is 10.1. The van der Waals surface area contributed by atoms with Gasteiger partial charge in [-0.05, 0) is 89.3 Å². The Morgan fingerprint density at radius 2 is 1.19 bits per heavy atom. The summed E-state index contributed by atoms with van der Waals surface area (Å²) in [5, 5.41) is 5.85. The van der Waals surface area contributed by atoms with Crippen molar-refractivity contribution >= 4 is 39.6 Å². The Morgan fingerprint density at radius 3 is 1.58 bits per heavy atom. The lowest BCUT2D eigenvalue weighted by molar-refractivity contribution is 0.544. The van der Waals surface area contributed by atoms with E-state index in [4.69, 9.17) is 17.3 Å². The van der Waals surface area contributed by atoms with Gasteiger partial charge in [-0.25, -0.2) is 9.59 Å². The normalized spacial score (nSPS) is 14.3. The fourth-order valence-corrected chi connectivity index (χ4v) is 6.99. The average molecular weight is 753 g/mol. The van der Waals surface area contributed by atoms with Gasteiger partial charge < -0.3 is 20.9 Å². The molecule has 0 radical (unpaired) electrons. The average Bonchev–Trinajstić information content (AvgIpc) is 3.82. The summed E-state index contributed by atoms with van der Waals surface area (Å²) < 4.78 is 2.33. The first-order valence-electron chi connectivity index (χ1n) is 18.8. The maximum absolute atomic E-state index is 11.8. The number of nitrogens with one attached hydrogen (secondary N) is 3. The second kappa shape index (κ2) is 20.8. The van der Waals surface area contributed by atoms with Crippen molar-refractivity contribution < 1.29 is 0 Å². The molecular formula is C40H61ClN8O4. The molecule has 0 bridgehead atoms. The van der Waals surface area contributed by atoms with Crippen molar-refractivity contribution in [3.8, 4) is 0 Å². The number of H-pyrrole nitrogens is 2. The van der Waals surface area contributed by atoms with Crippen molar-refractivity contribution in [2.24, 2.45) is 17.6 Å². The number of nitrogens with two attached hydrogens (primary N) is 1. The molecule has 0 amide bonds. The van der Waals surface area contributed by atoms with Gasteiger partial charge in [0.05, 0.1) is 0 Å². The van der Waals surface area contributed by atoms with Crippen molar-refractivity contribution in [3.05, 3.63) is 95.4 Å². The van der Waals surface area contributed by atoms with Crippen molar-refractivity contribution in [1.82, 2.24) is 19.1 Å². The molecule has 13 heteroatoms. The van der Waals surface area contributed by atoms with Crippen molar-refractivity contribution in [2.75, 3.05) is 56.4 Å². The Morgan fingerprint density at radius 1 is 0.736 bits per heavy atom. The third-order valence-corrected chi connectivity index (χ3v) is 9.82. The first-order valence-corrected chi connectivity index (χ1v) is 19.2. The molecule has 2 aromatic heterocycles. The zero-order valence-electron chi connectivity index (χ0n) is 32.9. The van der Waals surface area contributed by atoms with Crippen LogP contribution >= 0.6 is 11.6 Å². The molecule has 5 N–H and O–H groups in total. The van der Waals surface area contributed by atoms with E-state index < -0.39 is 5.69 Å². The zero-order chi connectivity index (χ0) is 39.2. The van der Waals surface area contributed by atoms with E-state index in [1.165, 1.54) is 90.2 Å². The van der Waals surface area contributed by atoms with Gasteiger partial charge in [-0.1, -0.05) is 61.5 Å². The molecule has 53 heavy (non-hydrogen) atoms. The number of benzene rings is 2. The SMILES string of the molecule is CC(C)n1c(=O)cc(Cl)[nH]c1=O.CC(C)n1c(=O)cc(NCC2CCCC2)[nH]c1=O.CN(C)c1cccc2cccc(N(C)C)c12.NCC1CCCC1. The standard InChI is InChI=1S/C14H18N2.C13H21N3O2.C7H9ClN2O2.C6H13N/c1-15(2)12-9-5-7-11-8-6-10-13(14(11)12)16(3)4;1-9(2)16-12(17)7-11(15-13(16)18)14-8-10-5-3-4-6-10;1-4(2)10-6(11)3-5(8)9-7(10)12;7-5-6-3-1-2-4-6/h5-10H,1-4H3;7,9-10,14H,3-6,8H2,1-2H3,(H,15,18);3-4H,1-2H3,(H,9,12);6H,1-5,7H2. The molecule has 2 heterocycles. The van der Waals surface area contributed by atoms with E-state index in [1.54, 1.807) is 13.8 Å². The molecule has 6 rings (SSSR count). The van der Waals surface area contributed by atoms with Crippen LogP contribution < -0.4 is 43.3 Å². The van der Waals surface area contributed by atoms with Gasteiger partial charge in [-0.15, -0.1) is 0 Å². The van der Waals surface area contributed by atoms with Gasteiger partial charge in [0.1, 0.15) is 11.0 Å². The third-order valence-electron chi connectivity index (χ3n) is 9.62. The zero-order valence-corrected chi connectivity index (χ0v) is 33.6. The summed E-state index contributed by atoms with van der Waals surface area (Å²) in [5.41, 5.74) is 6.53. The second-order valence-corrected chi connectivity index (χ2v) is 15.3. The van der Waals surface area contributed by atoms with Crippen LogP contribution in [0.25, 0.3) is 10.8 Å². The fraction of sp³-hybridized carbons (Fsp3) is 0.550. The molecule has 2 aliphatic rings. The molecule has 0 saturated heterocycles. The van der Waals surface area contributed by atoms with E-state index in [2.05, 4.69) is 89.7 Å². The minimum Gasteiger partial charge on any atom is -0.377 e. The van der Waals surface area contributed by atoms with Crippen molar-refractivity contribution in [2.45, 2.75) is 91.1 Å². The number of aromatic nitrogens is 4. The van der Waals surface area contributed by atoms with Gasteiger partial charge in [0.2, 0.25) is 0 Å². The van der Waals surface area contributed by atoms with E-state index >= 15 is 0 Å². The fourth-order valence-electron chi connectivity index (χ4n) is 6.82. The first kappa shape index (κ1) is 43.1. The molecule has 2 fully saturated rings. The minimum atomic E-state index is -0.470. The number of anilines is 3. The highest BCUT2D eigenvalue weighted by atomic mass is 35.5. The summed E-state index contributed by atoms with van der Waals surface area (Å²) in [5.74, 6) is 2.08. The van der Waals surface area contributed by atoms with Crippen LogP contribution in [0.15, 0.2) is 67.7 Å². The Hall–Kier alpha value is -4.29. The van der Waals surface area contributed by atoms with Crippen LogP contribution in [-0.4, -0.2) is 60.4 Å². The summed E-state index contributed by atoms with van der Waals surface area (Å²) in [4.78, 5) is 55.2. The van der Waals surface area contributed by atoms with E-state index in [0.29, 0.717) is 11.7 Å². The molecule has 2 saturated carbocycles. The smallest absolute Gasteiger partial charge is 0.330 e. The van der Waals surface area contributed by atoms with Crippen molar-refractivity contribution in [1.29, 1.82) is 0 Å². The van der Waals surface area contributed by atoms with Crippen LogP contribution in [0, 0.1) is 11.8 Å². The number of nitrogens with zero attached hydrogens (tertiary/aromatic N) is 4. The minimum absolute atomic E-state index is 0.0712. The Kier molecular flexibility index (Phi) is 16.9. The Labute approximate surface area is 318 Å². The summed E-state index contributed by atoms with van der Waals surface area (Å²) in [7, 11) is 8.34. The van der Waals surface area contributed by atoms with E-state index in [9.17, 15) is 19.2 Å². The largest absolute Gasteiger partial charge is 0.377 e. The number of halogens is 1. The number of rotatable bonds is 8. The maximum atomic E-state index is 11.8. The van der Waals surface area contributed by atoms with Gasteiger partial charge in [0.25, 0.3) is 11.1 Å². The molecule has 0 unspecified atom stereocenters. The van der Waals surface area contributed by atoms with E-state index in [0.717, 1.165) is 23.6 Å². The van der Waals surface area contributed by atoms with Gasteiger partial charge in [0.15, 0.2) is 0 Å². The number of hydrogen-bond acceptors (Lipinski definition) is 8. The van der Waals surface area contributed by atoms with Crippen LogP contribution in [0.3, 0.4) is 0 Å². The molecule has 4 aromatic rings. The first-order chi connectivity index (χ1) is 25.1. The highest BCUT2D eigenvalue weighted by molar-refractivity contribution is 6.29. The van der Waals surface area contributed by atoms with Crippen LogP contribution in [-0.2, 0) is 0 Å². The molecule has 2 aliphatic carbocycles. The number of hydrogen-bond donors (Lipinski definition) is 4. The highest BCUT2D eigenvalue weighted by Gasteiger charge is 2.15. The summed E-state index contributed by atoms with van der Waals surface area (Å²) in [6.45, 7) is 8.90. The van der Waals surface area contributed by atoms with E-state index in [1.807, 2.05) is 13.8 Å². The molecular weight excluding hydrogens is 692 g/mol. The van der Waals surface area contributed by atoms with Crippen LogP contribution in [0.4, 0.5) is 17.2 Å². The molecule has 0 spiro atoms. The monoisotopic (exact) mass is 752 g/mol. The van der Waals surface area contributed by atoms with Crippen LogP contribution in [0.2, 0.25) is 5.15 Å². The van der Waals surface area contributed by atoms with Crippen LogP contribution in [0.5, 0.6) is 0 Å². The molecule has 12 nitrogen and oxygen atoms in total. The van der Waals surface area contributed by atoms with Crippen LogP contribution in [0.1, 0.15) is 91.1 Å². The Bertz CT molecular complexity index is 1860. The predicted molar refractivity (Wildman–Crippen MR) is 222 cm³/mol. The second-order valence-electron chi connectivity index (χ2n) is 14.9. The molecule has 0 atom stereocenters. The summed E-state index contributed by atoms with van der Waals surface area (Å²) >= 11 is 5.46. The number of fused-ring (bicyclic) bond motifs is 1. The maximum Gasteiger partial charge on any atom is 0.330 e.